The molecule has 0 atom stereocenters. The number of nitrogens with one attached hydrogen (secondary N) is 2. The Morgan fingerprint density at radius 2 is 1.86 bits per heavy atom. The van der Waals surface area contributed by atoms with Gasteiger partial charge in [-0.05, 0) is 43.5 Å². The largest absolute Gasteiger partial charge is 0.328 e. The molecule has 1 aliphatic rings. The van der Waals surface area contributed by atoms with E-state index in [1.165, 1.54) is 11.1 Å². The molecule has 0 bridgehead atoms. The van der Waals surface area contributed by atoms with Crippen LogP contribution in [0.1, 0.15) is 24.0 Å². The van der Waals surface area contributed by atoms with Crippen LogP contribution in [-0.4, -0.2) is 6.03 Å². The Bertz CT molecular complexity index is 663. The van der Waals surface area contributed by atoms with E-state index < -0.39 is 0 Å². The number of halogens is 1. The second kappa shape index (κ2) is 5.53. The summed E-state index contributed by atoms with van der Waals surface area (Å²) in [7, 11) is 0. The molecule has 0 radical (unpaired) electrons. The third-order valence-corrected chi connectivity index (χ3v) is 4.28. The van der Waals surface area contributed by atoms with Gasteiger partial charge in [-0.2, -0.15) is 0 Å². The Hall–Kier alpha value is -1.81. The molecule has 2 amide bonds. The van der Waals surface area contributed by atoms with E-state index in [0.717, 1.165) is 23.0 Å². The highest BCUT2D eigenvalue weighted by Crippen LogP contribution is 2.45. The Balaban J connectivity index is 1.68. The molecule has 4 heteroatoms. The maximum atomic E-state index is 12.2. The molecular weight excluding hydrogens is 328 g/mol. The van der Waals surface area contributed by atoms with E-state index in [9.17, 15) is 4.79 Å². The van der Waals surface area contributed by atoms with E-state index >= 15 is 0 Å². The van der Waals surface area contributed by atoms with Crippen LogP contribution in [0.2, 0.25) is 0 Å². The summed E-state index contributed by atoms with van der Waals surface area (Å²) in [5.74, 6) is 0. The zero-order chi connectivity index (χ0) is 14.9. The molecule has 0 aliphatic heterocycles. The Morgan fingerprint density at radius 3 is 2.48 bits per heavy atom. The van der Waals surface area contributed by atoms with Crippen LogP contribution in [0, 0.1) is 6.92 Å². The van der Waals surface area contributed by atoms with Crippen molar-refractivity contribution in [2.45, 2.75) is 25.3 Å². The van der Waals surface area contributed by atoms with E-state index in [1.807, 2.05) is 24.3 Å². The Morgan fingerprint density at radius 1 is 1.14 bits per heavy atom. The van der Waals surface area contributed by atoms with Crippen LogP contribution >= 0.6 is 15.9 Å². The van der Waals surface area contributed by atoms with Crippen molar-refractivity contribution in [3.63, 3.8) is 0 Å². The molecule has 108 valence electrons. The van der Waals surface area contributed by atoms with Gasteiger partial charge in [-0.25, -0.2) is 4.79 Å². The summed E-state index contributed by atoms with van der Waals surface area (Å²) < 4.78 is 0.944. The molecule has 0 heterocycles. The zero-order valence-corrected chi connectivity index (χ0v) is 13.4. The molecule has 0 saturated heterocycles. The second-order valence-corrected chi connectivity index (χ2v) is 6.45. The lowest BCUT2D eigenvalue weighted by atomic mass is 10.0. The van der Waals surface area contributed by atoms with Crippen LogP contribution in [-0.2, 0) is 5.54 Å². The van der Waals surface area contributed by atoms with Gasteiger partial charge in [0.05, 0.1) is 5.54 Å². The lowest BCUT2D eigenvalue weighted by Gasteiger charge is -2.18. The summed E-state index contributed by atoms with van der Waals surface area (Å²) in [6, 6.07) is 15.8. The van der Waals surface area contributed by atoms with Gasteiger partial charge in [-0.1, -0.05) is 51.8 Å². The predicted octanol–water partition coefficient (Wildman–Crippen LogP) is 4.57. The number of anilines is 1. The van der Waals surface area contributed by atoms with Crippen molar-refractivity contribution in [2.75, 3.05) is 5.32 Å². The fraction of sp³-hybridized carbons (Fsp3) is 0.235. The maximum Gasteiger partial charge on any atom is 0.319 e. The van der Waals surface area contributed by atoms with E-state index in [0.29, 0.717) is 0 Å². The average Bonchev–Trinajstić information content (AvgIpc) is 3.20. The average molecular weight is 345 g/mol. The number of urea groups is 1. The molecule has 3 rings (SSSR count). The first kappa shape index (κ1) is 14.1. The third-order valence-electron chi connectivity index (χ3n) is 3.79. The van der Waals surface area contributed by atoms with Crippen LogP contribution in [0.4, 0.5) is 10.5 Å². The lowest BCUT2D eigenvalue weighted by Crippen LogP contribution is -2.38. The van der Waals surface area contributed by atoms with Gasteiger partial charge in [0.2, 0.25) is 0 Å². The first-order chi connectivity index (χ1) is 10.1. The van der Waals surface area contributed by atoms with Gasteiger partial charge in [0, 0.05) is 10.2 Å². The predicted molar refractivity (Wildman–Crippen MR) is 88.4 cm³/mol. The van der Waals surface area contributed by atoms with Crippen molar-refractivity contribution in [3.05, 3.63) is 64.1 Å². The molecule has 0 spiro atoms. The first-order valence-corrected chi connectivity index (χ1v) is 7.79. The molecular formula is C17H17BrN2O. The molecule has 1 saturated carbocycles. The minimum Gasteiger partial charge on any atom is -0.328 e. The molecule has 2 N–H and O–H groups in total. The van der Waals surface area contributed by atoms with Crippen LogP contribution in [0.25, 0.3) is 0 Å². The SMILES string of the molecule is Cc1ccc(C2(NC(=O)Nc3cccc(Br)c3)CC2)cc1. The number of hydrogen-bond acceptors (Lipinski definition) is 1. The second-order valence-electron chi connectivity index (χ2n) is 5.54. The summed E-state index contributed by atoms with van der Waals surface area (Å²) in [5.41, 5.74) is 3.00. The number of carbonyl (C=O) groups excluding carboxylic acids is 1. The maximum absolute atomic E-state index is 12.2. The van der Waals surface area contributed by atoms with E-state index in [-0.39, 0.29) is 11.6 Å². The fourth-order valence-corrected chi connectivity index (χ4v) is 2.83. The molecule has 3 nitrogen and oxygen atoms in total. The number of aryl methyl sites for hydroxylation is 1. The van der Waals surface area contributed by atoms with Crippen molar-refractivity contribution in [1.82, 2.24) is 5.32 Å². The first-order valence-electron chi connectivity index (χ1n) is 6.99. The fourth-order valence-electron chi connectivity index (χ4n) is 2.43. The van der Waals surface area contributed by atoms with Crippen molar-refractivity contribution in [3.8, 4) is 0 Å². The molecule has 0 unspecified atom stereocenters. The minimum atomic E-state index is -0.191. The molecule has 0 aromatic heterocycles. The van der Waals surface area contributed by atoms with Gasteiger partial charge >= 0.3 is 6.03 Å². The number of benzene rings is 2. The molecule has 1 aliphatic carbocycles. The summed E-state index contributed by atoms with van der Waals surface area (Å²) in [6.07, 6.45) is 1.98. The number of carbonyl (C=O) groups is 1. The van der Waals surface area contributed by atoms with Crippen molar-refractivity contribution in [2.24, 2.45) is 0 Å². The quantitative estimate of drug-likeness (QED) is 0.841. The molecule has 21 heavy (non-hydrogen) atoms. The Labute approximate surface area is 132 Å². The normalized spacial score (nSPS) is 15.3. The minimum absolute atomic E-state index is 0.161. The standard InChI is InChI=1S/C17H17BrN2O/c1-12-5-7-13(8-6-12)17(9-10-17)20-16(21)19-15-4-2-3-14(18)11-15/h2-8,11H,9-10H2,1H3,(H2,19,20,21). The molecule has 2 aromatic carbocycles. The summed E-state index contributed by atoms with van der Waals surface area (Å²) in [5, 5.41) is 5.99. The topological polar surface area (TPSA) is 41.1 Å². The van der Waals surface area contributed by atoms with E-state index in [1.54, 1.807) is 0 Å². The van der Waals surface area contributed by atoms with Gasteiger partial charge in [-0.15, -0.1) is 0 Å². The van der Waals surface area contributed by atoms with Crippen molar-refractivity contribution >= 4 is 27.6 Å². The van der Waals surface area contributed by atoms with Crippen LogP contribution in [0.3, 0.4) is 0 Å². The van der Waals surface area contributed by atoms with Crippen molar-refractivity contribution < 1.29 is 4.79 Å². The summed E-state index contributed by atoms with van der Waals surface area (Å²) in [4.78, 5) is 12.2. The number of rotatable bonds is 3. The van der Waals surface area contributed by atoms with Crippen molar-refractivity contribution in [1.29, 1.82) is 0 Å². The zero-order valence-electron chi connectivity index (χ0n) is 11.8. The van der Waals surface area contributed by atoms with Gasteiger partial charge < -0.3 is 10.6 Å². The Kier molecular flexibility index (Phi) is 3.72. The summed E-state index contributed by atoms with van der Waals surface area (Å²) >= 11 is 3.40. The van der Waals surface area contributed by atoms with Gasteiger partial charge in [0.1, 0.15) is 0 Å². The van der Waals surface area contributed by atoms with E-state index in [4.69, 9.17) is 0 Å². The number of hydrogen-bond donors (Lipinski definition) is 2. The monoisotopic (exact) mass is 344 g/mol. The smallest absolute Gasteiger partial charge is 0.319 e. The lowest BCUT2D eigenvalue weighted by molar-refractivity contribution is 0.247. The highest BCUT2D eigenvalue weighted by molar-refractivity contribution is 9.10. The number of amides is 2. The summed E-state index contributed by atoms with van der Waals surface area (Å²) in [6.45, 7) is 2.07. The van der Waals surface area contributed by atoms with Gasteiger partial charge in [0.25, 0.3) is 0 Å². The van der Waals surface area contributed by atoms with Crippen LogP contribution < -0.4 is 10.6 Å². The van der Waals surface area contributed by atoms with E-state index in [2.05, 4.69) is 57.8 Å². The van der Waals surface area contributed by atoms with Crippen LogP contribution in [0.5, 0.6) is 0 Å². The molecule has 2 aromatic rings. The highest BCUT2D eigenvalue weighted by atomic mass is 79.9. The third kappa shape index (κ3) is 3.27. The molecule has 1 fully saturated rings. The van der Waals surface area contributed by atoms with Gasteiger partial charge in [0.15, 0.2) is 0 Å². The van der Waals surface area contributed by atoms with Gasteiger partial charge in [-0.3, -0.25) is 0 Å². The highest BCUT2D eigenvalue weighted by Gasteiger charge is 2.45. The van der Waals surface area contributed by atoms with Crippen LogP contribution in [0.15, 0.2) is 53.0 Å².